The van der Waals surface area contributed by atoms with Gasteiger partial charge in [-0.1, -0.05) is 0 Å². The number of carboxylic acid groups (broad SMARTS) is 2. The minimum Gasteiger partial charge on any atom is -0.870 e. The molecule has 0 aromatic carbocycles. The molecule has 2 N–H and O–H groups in total. The summed E-state index contributed by atoms with van der Waals surface area (Å²) in [6.45, 7) is 0. The Morgan fingerprint density at radius 1 is 1.57 bits per heavy atom. The van der Waals surface area contributed by atoms with Gasteiger partial charge in [-0.05, 0) is 0 Å². The summed E-state index contributed by atoms with van der Waals surface area (Å²) in [6, 6.07) is 0. The smallest absolute Gasteiger partial charge is 0.870 e. The van der Waals surface area contributed by atoms with Crippen LogP contribution in [0.2, 0.25) is 0 Å². The zero-order valence-electron chi connectivity index (χ0n) is 3.92. The molecule has 0 aliphatic heterocycles. The summed E-state index contributed by atoms with van der Waals surface area (Å²) >= 11 is 0. The van der Waals surface area contributed by atoms with Crippen molar-refractivity contribution in [2.24, 2.45) is 0 Å². The topological polar surface area (TPSA) is 90.4 Å². The van der Waals surface area contributed by atoms with Crippen LogP contribution in [0.25, 0.3) is 0 Å². The minimum atomic E-state index is -2.08. The Morgan fingerprint density at radius 3 is 1.57 bits per heavy atom. The van der Waals surface area contributed by atoms with Crippen molar-refractivity contribution in [3.05, 3.63) is 0 Å². The molecule has 0 unspecified atom stereocenters. The third kappa shape index (κ3) is 102. The molecule has 0 heterocycles. The van der Waals surface area contributed by atoms with Crippen LogP contribution in [0.3, 0.4) is 0 Å². The van der Waals surface area contributed by atoms with Gasteiger partial charge in [0.15, 0.2) is 0 Å². The van der Waals surface area contributed by atoms with Crippen molar-refractivity contribution >= 4 is 43.9 Å². The van der Waals surface area contributed by atoms with E-state index in [0.29, 0.717) is 0 Å². The molecular formula is CH2CaNaO4+. The van der Waals surface area contributed by atoms with Crippen molar-refractivity contribution in [2.45, 2.75) is 0 Å². The molecule has 7 heavy (non-hydrogen) atoms. The Kier molecular flexibility index (Phi) is 52.8. The normalized spacial score (nSPS) is 3.43. The maximum atomic E-state index is 8.44. The van der Waals surface area contributed by atoms with E-state index in [9.17, 15) is 0 Å². The number of rotatable bonds is 0. The monoisotopic (exact) mass is 141 g/mol. The fraction of sp³-hybridized carbons (Fsp3) is 0. The van der Waals surface area contributed by atoms with E-state index in [1.165, 1.54) is 0 Å². The van der Waals surface area contributed by atoms with E-state index in [0.717, 1.165) is 0 Å². The number of hydrogen-bond donors (Lipinski definition) is 1. The first kappa shape index (κ1) is 23.6. The van der Waals surface area contributed by atoms with E-state index in [2.05, 4.69) is 0 Å². The maximum Gasteiger partial charge on any atom is 2.00 e. The van der Waals surface area contributed by atoms with Gasteiger partial charge in [0.2, 0.25) is 6.16 Å². The van der Waals surface area contributed by atoms with Crippen LogP contribution in [0.5, 0.6) is 0 Å². The Morgan fingerprint density at radius 2 is 1.57 bits per heavy atom. The van der Waals surface area contributed by atoms with Crippen LogP contribution < -0.4 is 34.7 Å². The molecule has 0 rings (SSSR count). The Bertz CT molecular complexity index is 34.7. The molecule has 0 fully saturated rings. The summed E-state index contributed by atoms with van der Waals surface area (Å²) in [7, 11) is 0. The van der Waals surface area contributed by atoms with Gasteiger partial charge in [-0.25, -0.2) is 0 Å². The Hall–Kier alpha value is 1.49. The molecule has 32 valence electrons. The first-order valence-electron chi connectivity index (χ1n) is 0.632. The summed E-state index contributed by atoms with van der Waals surface area (Å²) in [4.78, 5) is 8.44. The van der Waals surface area contributed by atoms with Crippen LogP contribution in [-0.2, 0) is 0 Å². The second-order valence-electron chi connectivity index (χ2n) is 0.266. The van der Waals surface area contributed by atoms with E-state index < -0.39 is 6.16 Å². The fourth-order valence-corrected chi connectivity index (χ4v) is 0. The van der Waals surface area contributed by atoms with Gasteiger partial charge in [0, 0.05) is 0 Å². The molecule has 0 aliphatic carbocycles. The van der Waals surface area contributed by atoms with Crippen LogP contribution in [-0.4, -0.2) is 54.5 Å². The molecule has 4 nitrogen and oxygen atoms in total. The average Bonchev–Trinajstić information content (AvgIpc) is 0.811. The van der Waals surface area contributed by atoms with E-state index in [1.807, 2.05) is 0 Å². The standard InChI is InChI=1S/CH2O3.Ca.Na.H2O/c2-1(3)4;;;/h(H2,2,3,4);;;1H2/q;+2;+1;/p-2. The van der Waals surface area contributed by atoms with Gasteiger partial charge in [0.05, 0.1) is 0 Å². The summed E-state index contributed by atoms with van der Waals surface area (Å²) < 4.78 is 0. The van der Waals surface area contributed by atoms with Crippen LogP contribution in [0.15, 0.2) is 0 Å². The van der Waals surface area contributed by atoms with Crippen molar-refractivity contribution in [3.8, 4) is 0 Å². The molecule has 0 radical (unpaired) electrons. The molecule has 0 atom stereocenters. The van der Waals surface area contributed by atoms with Crippen molar-refractivity contribution in [3.63, 3.8) is 0 Å². The third-order valence-electron chi connectivity index (χ3n) is 0. The van der Waals surface area contributed by atoms with Crippen LogP contribution in [0.1, 0.15) is 0 Å². The van der Waals surface area contributed by atoms with Crippen molar-refractivity contribution < 1.29 is 50.0 Å². The molecular weight excluding hydrogens is 139 g/mol. The van der Waals surface area contributed by atoms with Crippen molar-refractivity contribution in [1.29, 1.82) is 0 Å². The molecule has 0 spiro atoms. The summed E-state index contributed by atoms with van der Waals surface area (Å²) in [5.74, 6) is 0. The first-order valence-corrected chi connectivity index (χ1v) is 0.632. The SMILES string of the molecule is O=C([O-])O.[Ca+2].[Na+].[OH-]. The van der Waals surface area contributed by atoms with Gasteiger partial charge in [0.25, 0.3) is 0 Å². The predicted molar refractivity (Wildman–Crippen MR) is 15.7 cm³/mol. The van der Waals surface area contributed by atoms with Crippen molar-refractivity contribution in [1.82, 2.24) is 0 Å². The zero-order valence-corrected chi connectivity index (χ0v) is 8.13. The van der Waals surface area contributed by atoms with Crippen LogP contribution >= 0.6 is 0 Å². The van der Waals surface area contributed by atoms with E-state index in [-0.39, 0.29) is 72.8 Å². The Labute approximate surface area is 92.5 Å². The molecule has 0 saturated heterocycles. The van der Waals surface area contributed by atoms with E-state index in [4.69, 9.17) is 15.0 Å². The molecule has 0 aromatic rings. The third-order valence-corrected chi connectivity index (χ3v) is 0. The minimum absolute atomic E-state index is 0. The second-order valence-corrected chi connectivity index (χ2v) is 0.266. The zero-order chi connectivity index (χ0) is 3.58. The van der Waals surface area contributed by atoms with E-state index >= 15 is 0 Å². The first-order chi connectivity index (χ1) is 1.73. The molecule has 6 heteroatoms. The van der Waals surface area contributed by atoms with Crippen molar-refractivity contribution in [2.75, 3.05) is 0 Å². The van der Waals surface area contributed by atoms with Gasteiger partial charge >= 0.3 is 67.3 Å². The van der Waals surface area contributed by atoms with Gasteiger partial charge in [0.1, 0.15) is 0 Å². The molecule has 0 bridgehead atoms. The number of carbonyl (C=O) groups is 1. The summed E-state index contributed by atoms with van der Waals surface area (Å²) in [6.07, 6.45) is -2.08. The average molecular weight is 141 g/mol. The van der Waals surface area contributed by atoms with Crippen LogP contribution in [0.4, 0.5) is 4.79 Å². The van der Waals surface area contributed by atoms with Gasteiger partial charge < -0.3 is 20.5 Å². The van der Waals surface area contributed by atoms with E-state index in [1.54, 1.807) is 0 Å². The van der Waals surface area contributed by atoms with Crippen LogP contribution in [0, 0.1) is 0 Å². The quantitative estimate of drug-likeness (QED) is 0.343. The molecule has 0 amide bonds. The predicted octanol–water partition coefficient (Wildman–Crippen LogP) is -4.67. The van der Waals surface area contributed by atoms with Gasteiger partial charge in [-0.2, -0.15) is 0 Å². The largest absolute Gasteiger partial charge is 2.00 e. The molecule has 0 saturated carbocycles. The maximum absolute atomic E-state index is 8.44. The Balaban J connectivity index is -0.0000000150. The molecule has 0 aromatic heterocycles. The second kappa shape index (κ2) is 15.6. The van der Waals surface area contributed by atoms with Gasteiger partial charge in [-0.3, -0.25) is 0 Å². The molecule has 0 aliphatic rings. The fourth-order valence-electron chi connectivity index (χ4n) is 0. The summed E-state index contributed by atoms with van der Waals surface area (Å²) in [5, 5.41) is 15.3. The summed E-state index contributed by atoms with van der Waals surface area (Å²) in [5.41, 5.74) is 0. The number of hydrogen-bond acceptors (Lipinski definition) is 3. The van der Waals surface area contributed by atoms with Gasteiger partial charge in [-0.15, -0.1) is 0 Å².